The Morgan fingerprint density at radius 1 is 1.09 bits per heavy atom. The van der Waals surface area contributed by atoms with E-state index in [1.807, 2.05) is 11.8 Å². The third kappa shape index (κ3) is 4.53. The molecule has 0 amide bonds. The molecule has 2 aromatic rings. The molecular weight excluding hydrogens is 356 g/mol. The number of alkyl halides is 1. The van der Waals surface area contributed by atoms with E-state index in [1.165, 1.54) is 27.8 Å². The van der Waals surface area contributed by atoms with E-state index in [9.17, 15) is 0 Å². The number of hydrogen-bond donors (Lipinski definition) is 0. The first-order valence-electron chi connectivity index (χ1n) is 7.54. The highest BCUT2D eigenvalue weighted by Crippen LogP contribution is 2.31. The summed E-state index contributed by atoms with van der Waals surface area (Å²) >= 11 is 5.39. The van der Waals surface area contributed by atoms with Crippen molar-refractivity contribution in [3.8, 4) is 16.9 Å². The standard InChI is InChI=1S/C19H23BrOS/c1-14-10-18(21-8-5-9-22-3)11-15(2)19(14)17-7-4-6-16(12-17)13-20/h4,6-7,10-12H,5,8-9,13H2,1-3H3. The Balaban J connectivity index is 2.22. The maximum Gasteiger partial charge on any atom is 0.119 e. The largest absolute Gasteiger partial charge is 0.494 e. The molecule has 0 heterocycles. The number of rotatable bonds is 7. The van der Waals surface area contributed by atoms with Crippen molar-refractivity contribution < 1.29 is 4.74 Å². The molecule has 118 valence electrons. The fourth-order valence-electron chi connectivity index (χ4n) is 2.67. The van der Waals surface area contributed by atoms with E-state index < -0.39 is 0 Å². The van der Waals surface area contributed by atoms with E-state index in [1.54, 1.807) is 0 Å². The van der Waals surface area contributed by atoms with Gasteiger partial charge in [0.05, 0.1) is 6.61 Å². The molecule has 2 aromatic carbocycles. The van der Waals surface area contributed by atoms with Crippen molar-refractivity contribution in [1.82, 2.24) is 0 Å². The van der Waals surface area contributed by atoms with Crippen LogP contribution >= 0.6 is 27.7 Å². The van der Waals surface area contributed by atoms with Crippen LogP contribution in [0.15, 0.2) is 36.4 Å². The van der Waals surface area contributed by atoms with Gasteiger partial charge in [-0.25, -0.2) is 0 Å². The van der Waals surface area contributed by atoms with Crippen LogP contribution in [0.3, 0.4) is 0 Å². The van der Waals surface area contributed by atoms with Crippen LogP contribution in [0.1, 0.15) is 23.1 Å². The molecule has 0 aromatic heterocycles. The van der Waals surface area contributed by atoms with Gasteiger partial charge >= 0.3 is 0 Å². The quantitative estimate of drug-likeness (QED) is 0.431. The van der Waals surface area contributed by atoms with E-state index >= 15 is 0 Å². The molecule has 0 saturated carbocycles. The van der Waals surface area contributed by atoms with Gasteiger partial charge in [-0.2, -0.15) is 11.8 Å². The lowest BCUT2D eigenvalue weighted by Crippen LogP contribution is -2.00. The molecule has 0 fully saturated rings. The summed E-state index contributed by atoms with van der Waals surface area (Å²) < 4.78 is 5.88. The highest BCUT2D eigenvalue weighted by atomic mass is 79.9. The Morgan fingerprint density at radius 3 is 2.45 bits per heavy atom. The molecule has 0 atom stereocenters. The number of benzene rings is 2. The van der Waals surface area contributed by atoms with Crippen molar-refractivity contribution in [1.29, 1.82) is 0 Å². The van der Waals surface area contributed by atoms with E-state index in [-0.39, 0.29) is 0 Å². The Bertz CT molecular complexity index is 602. The number of thioether (sulfide) groups is 1. The van der Waals surface area contributed by atoms with E-state index in [0.29, 0.717) is 0 Å². The van der Waals surface area contributed by atoms with Gasteiger partial charge in [-0.05, 0) is 72.2 Å². The van der Waals surface area contributed by atoms with Crippen molar-refractivity contribution >= 4 is 27.7 Å². The maximum atomic E-state index is 5.88. The summed E-state index contributed by atoms with van der Waals surface area (Å²) in [5, 5.41) is 0.884. The van der Waals surface area contributed by atoms with E-state index in [0.717, 1.165) is 29.9 Å². The molecule has 0 saturated heterocycles. The number of hydrogen-bond acceptors (Lipinski definition) is 2. The van der Waals surface area contributed by atoms with Gasteiger partial charge in [0.15, 0.2) is 0 Å². The first-order valence-corrected chi connectivity index (χ1v) is 10.1. The Kier molecular flexibility index (Phi) is 6.84. The number of ether oxygens (including phenoxy) is 1. The molecule has 0 bridgehead atoms. The average Bonchev–Trinajstić information content (AvgIpc) is 2.51. The lowest BCUT2D eigenvalue weighted by atomic mass is 9.94. The van der Waals surface area contributed by atoms with Gasteiger partial charge in [0.1, 0.15) is 5.75 Å². The SMILES string of the molecule is CSCCCOc1cc(C)c(-c2cccc(CBr)c2)c(C)c1. The topological polar surface area (TPSA) is 9.23 Å². The second-order valence-electron chi connectivity index (χ2n) is 5.46. The minimum absolute atomic E-state index is 0.790. The predicted octanol–water partition coefficient (Wildman–Crippen LogP) is 6.00. The zero-order valence-corrected chi connectivity index (χ0v) is 15.9. The van der Waals surface area contributed by atoms with Gasteiger partial charge in [0.25, 0.3) is 0 Å². The summed E-state index contributed by atoms with van der Waals surface area (Å²) in [6, 6.07) is 13.0. The molecule has 1 nitrogen and oxygen atoms in total. The van der Waals surface area contributed by atoms with Crippen LogP contribution in [0.25, 0.3) is 11.1 Å². The molecule has 0 aliphatic heterocycles. The monoisotopic (exact) mass is 378 g/mol. The van der Waals surface area contributed by atoms with Crippen molar-refractivity contribution in [2.75, 3.05) is 18.6 Å². The first kappa shape index (κ1) is 17.4. The number of halogens is 1. The van der Waals surface area contributed by atoms with Crippen LogP contribution in [0, 0.1) is 13.8 Å². The molecule has 0 N–H and O–H groups in total. The van der Waals surface area contributed by atoms with Crippen molar-refractivity contribution in [2.45, 2.75) is 25.6 Å². The maximum absolute atomic E-state index is 5.88. The van der Waals surface area contributed by atoms with Gasteiger partial charge in [-0.1, -0.05) is 40.2 Å². The van der Waals surface area contributed by atoms with Crippen LogP contribution in [-0.4, -0.2) is 18.6 Å². The Hall–Kier alpha value is -0.930. The molecule has 0 spiro atoms. The molecule has 0 aliphatic carbocycles. The van der Waals surface area contributed by atoms with E-state index in [2.05, 4.69) is 72.4 Å². The fraction of sp³-hybridized carbons (Fsp3) is 0.368. The minimum Gasteiger partial charge on any atom is -0.494 e. The van der Waals surface area contributed by atoms with Crippen LogP contribution in [0.2, 0.25) is 0 Å². The van der Waals surface area contributed by atoms with Gasteiger partial charge in [0.2, 0.25) is 0 Å². The molecule has 0 radical (unpaired) electrons. The van der Waals surface area contributed by atoms with Crippen LogP contribution < -0.4 is 4.74 Å². The highest BCUT2D eigenvalue weighted by molar-refractivity contribution is 9.08. The smallest absolute Gasteiger partial charge is 0.119 e. The third-order valence-electron chi connectivity index (χ3n) is 3.64. The predicted molar refractivity (Wildman–Crippen MR) is 102 cm³/mol. The summed E-state index contributed by atoms with van der Waals surface area (Å²) in [4.78, 5) is 0. The van der Waals surface area contributed by atoms with E-state index in [4.69, 9.17) is 4.74 Å². The third-order valence-corrected chi connectivity index (χ3v) is 4.98. The zero-order valence-electron chi connectivity index (χ0n) is 13.5. The summed E-state index contributed by atoms with van der Waals surface area (Å²) in [5.74, 6) is 2.13. The molecule has 3 heteroatoms. The molecule has 0 aliphatic rings. The van der Waals surface area contributed by atoms with Gasteiger partial charge in [0, 0.05) is 5.33 Å². The summed E-state index contributed by atoms with van der Waals surface area (Å²) in [5.41, 5.74) is 6.44. The van der Waals surface area contributed by atoms with Crippen LogP contribution in [-0.2, 0) is 5.33 Å². The second kappa shape index (κ2) is 8.64. The fourth-order valence-corrected chi connectivity index (χ4v) is 3.42. The van der Waals surface area contributed by atoms with Crippen LogP contribution in [0.5, 0.6) is 5.75 Å². The molecule has 0 unspecified atom stereocenters. The first-order chi connectivity index (χ1) is 10.7. The average molecular weight is 379 g/mol. The summed E-state index contributed by atoms with van der Waals surface area (Å²) in [7, 11) is 0. The molecular formula is C19H23BrOS. The van der Waals surface area contributed by atoms with Crippen molar-refractivity contribution in [3.63, 3.8) is 0 Å². The lowest BCUT2D eigenvalue weighted by Gasteiger charge is -2.14. The summed E-state index contributed by atoms with van der Waals surface area (Å²) in [6.45, 7) is 5.12. The lowest BCUT2D eigenvalue weighted by molar-refractivity contribution is 0.318. The summed E-state index contributed by atoms with van der Waals surface area (Å²) in [6.07, 6.45) is 3.22. The van der Waals surface area contributed by atoms with Gasteiger partial charge < -0.3 is 4.74 Å². The Morgan fingerprint density at radius 2 is 1.82 bits per heavy atom. The van der Waals surface area contributed by atoms with Crippen molar-refractivity contribution in [2.24, 2.45) is 0 Å². The molecule has 22 heavy (non-hydrogen) atoms. The highest BCUT2D eigenvalue weighted by Gasteiger charge is 2.09. The zero-order chi connectivity index (χ0) is 15.9. The minimum atomic E-state index is 0.790. The normalized spacial score (nSPS) is 10.7. The van der Waals surface area contributed by atoms with Gasteiger partial charge in [-0.3, -0.25) is 0 Å². The second-order valence-corrected chi connectivity index (χ2v) is 7.01. The molecule has 2 rings (SSSR count). The van der Waals surface area contributed by atoms with Crippen LogP contribution in [0.4, 0.5) is 0 Å². The number of aryl methyl sites for hydroxylation is 2. The Labute approximate surface area is 146 Å². The van der Waals surface area contributed by atoms with Gasteiger partial charge in [-0.15, -0.1) is 0 Å². The van der Waals surface area contributed by atoms with Crippen molar-refractivity contribution in [3.05, 3.63) is 53.1 Å².